The molecule has 1 aromatic carbocycles. The first-order chi connectivity index (χ1) is 8.33. The number of benzene rings is 1. The lowest BCUT2D eigenvalue weighted by molar-refractivity contribution is 0.244. The van der Waals surface area contributed by atoms with E-state index in [0.717, 1.165) is 25.0 Å². The van der Waals surface area contributed by atoms with Crippen molar-refractivity contribution in [1.29, 1.82) is 0 Å². The summed E-state index contributed by atoms with van der Waals surface area (Å²) < 4.78 is 6.06. The first-order valence-electron chi connectivity index (χ1n) is 6.10. The molecule has 2 aliphatic carbocycles. The number of alkyl halides is 1. The van der Waals surface area contributed by atoms with Crippen LogP contribution in [0.1, 0.15) is 19.3 Å². The molecule has 88 valence electrons. The van der Waals surface area contributed by atoms with Crippen LogP contribution in [0.15, 0.2) is 53.6 Å². The number of rotatable bonds is 2. The highest BCUT2D eigenvalue weighted by Crippen LogP contribution is 2.38. The molecule has 17 heavy (non-hydrogen) atoms. The average molecular weight is 291 g/mol. The topological polar surface area (TPSA) is 9.23 Å². The van der Waals surface area contributed by atoms with Crippen molar-refractivity contribution >= 4 is 15.9 Å². The maximum atomic E-state index is 6.06. The van der Waals surface area contributed by atoms with Crippen molar-refractivity contribution in [3.63, 3.8) is 0 Å². The molecule has 0 radical (unpaired) electrons. The fourth-order valence-electron chi connectivity index (χ4n) is 2.55. The average Bonchev–Trinajstić information content (AvgIpc) is 2.73. The van der Waals surface area contributed by atoms with E-state index in [1.54, 1.807) is 0 Å². The summed E-state index contributed by atoms with van der Waals surface area (Å²) >= 11 is 3.65. The molecule has 0 amide bonds. The Hall–Kier alpha value is -1.02. The van der Waals surface area contributed by atoms with Crippen LogP contribution in [0.4, 0.5) is 0 Å². The number of para-hydroxylation sites is 1. The van der Waals surface area contributed by atoms with E-state index < -0.39 is 0 Å². The van der Waals surface area contributed by atoms with Gasteiger partial charge in [0.15, 0.2) is 0 Å². The molecular formula is C15H15BrO. The highest BCUT2D eigenvalue weighted by molar-refractivity contribution is 9.09. The second-order valence-electron chi connectivity index (χ2n) is 4.56. The van der Waals surface area contributed by atoms with E-state index in [9.17, 15) is 0 Å². The fourth-order valence-corrected chi connectivity index (χ4v) is 3.05. The molecule has 0 bridgehead atoms. The molecule has 0 aromatic heterocycles. The van der Waals surface area contributed by atoms with Crippen LogP contribution in [-0.2, 0) is 0 Å². The zero-order chi connectivity index (χ0) is 11.7. The van der Waals surface area contributed by atoms with Crippen molar-refractivity contribution < 1.29 is 4.74 Å². The van der Waals surface area contributed by atoms with E-state index in [4.69, 9.17) is 4.74 Å². The van der Waals surface area contributed by atoms with Crippen LogP contribution < -0.4 is 4.74 Å². The van der Waals surface area contributed by atoms with E-state index >= 15 is 0 Å². The predicted octanol–water partition coefficient (Wildman–Crippen LogP) is 4.25. The summed E-state index contributed by atoms with van der Waals surface area (Å²) in [7, 11) is 0. The van der Waals surface area contributed by atoms with Crippen LogP contribution in [0.2, 0.25) is 0 Å². The Morgan fingerprint density at radius 3 is 2.82 bits per heavy atom. The maximum Gasteiger partial charge on any atom is 0.124 e. The number of hydrogen-bond acceptors (Lipinski definition) is 1. The van der Waals surface area contributed by atoms with Crippen molar-refractivity contribution in [3.05, 3.63) is 53.6 Å². The molecule has 0 saturated heterocycles. The van der Waals surface area contributed by atoms with Crippen molar-refractivity contribution in [3.8, 4) is 5.75 Å². The van der Waals surface area contributed by atoms with E-state index in [1.807, 2.05) is 30.3 Å². The largest absolute Gasteiger partial charge is 0.486 e. The Kier molecular flexibility index (Phi) is 3.06. The third-order valence-electron chi connectivity index (χ3n) is 3.36. The standard InChI is InChI=1S/C15H15BrO/c16-12-7-8-14-11(10-12)6-9-15(14)17-13-4-2-1-3-5-13/h1-5,8,10,12,15H,6-7,9H2. The molecule has 1 saturated carbocycles. The van der Waals surface area contributed by atoms with E-state index in [1.165, 1.54) is 11.1 Å². The van der Waals surface area contributed by atoms with Crippen LogP contribution in [-0.4, -0.2) is 10.9 Å². The Morgan fingerprint density at radius 2 is 2.00 bits per heavy atom. The molecule has 1 nitrogen and oxygen atoms in total. The Labute approximate surface area is 110 Å². The summed E-state index contributed by atoms with van der Waals surface area (Å²) in [5.41, 5.74) is 2.88. The number of hydrogen-bond donors (Lipinski definition) is 0. The van der Waals surface area contributed by atoms with Gasteiger partial charge >= 0.3 is 0 Å². The second kappa shape index (κ2) is 4.69. The molecule has 2 heteroatoms. The van der Waals surface area contributed by atoms with Gasteiger partial charge in [0.25, 0.3) is 0 Å². The maximum absolute atomic E-state index is 6.06. The lowest BCUT2D eigenvalue weighted by atomic mass is 10.00. The summed E-state index contributed by atoms with van der Waals surface area (Å²) in [4.78, 5) is 0.511. The number of fused-ring (bicyclic) bond motifs is 1. The van der Waals surface area contributed by atoms with Crippen LogP contribution in [0.25, 0.3) is 0 Å². The van der Waals surface area contributed by atoms with Crippen molar-refractivity contribution in [2.75, 3.05) is 0 Å². The summed E-state index contributed by atoms with van der Waals surface area (Å²) in [6.45, 7) is 0. The van der Waals surface area contributed by atoms with Crippen molar-refractivity contribution in [2.24, 2.45) is 0 Å². The van der Waals surface area contributed by atoms with E-state index in [0.29, 0.717) is 4.83 Å². The van der Waals surface area contributed by atoms with Crippen molar-refractivity contribution in [2.45, 2.75) is 30.2 Å². The molecule has 1 fully saturated rings. The molecule has 0 heterocycles. The Balaban J connectivity index is 1.77. The summed E-state index contributed by atoms with van der Waals surface area (Å²) in [5.74, 6) is 0.973. The summed E-state index contributed by atoms with van der Waals surface area (Å²) in [5, 5.41) is 0. The van der Waals surface area contributed by atoms with E-state index in [-0.39, 0.29) is 6.10 Å². The zero-order valence-electron chi connectivity index (χ0n) is 9.60. The molecule has 0 aliphatic heterocycles. The van der Waals surface area contributed by atoms with Gasteiger partial charge in [0.05, 0.1) is 0 Å². The first kappa shape index (κ1) is 11.1. The molecule has 1 aromatic rings. The lowest BCUT2D eigenvalue weighted by Gasteiger charge is -2.19. The van der Waals surface area contributed by atoms with Gasteiger partial charge in [-0.15, -0.1) is 0 Å². The third kappa shape index (κ3) is 2.32. The van der Waals surface area contributed by atoms with Gasteiger partial charge in [-0.25, -0.2) is 0 Å². The van der Waals surface area contributed by atoms with Gasteiger partial charge in [-0.1, -0.05) is 46.3 Å². The zero-order valence-corrected chi connectivity index (χ0v) is 11.2. The van der Waals surface area contributed by atoms with Crippen LogP contribution >= 0.6 is 15.9 Å². The minimum atomic E-state index is 0.253. The first-order valence-corrected chi connectivity index (χ1v) is 7.01. The quantitative estimate of drug-likeness (QED) is 0.740. The molecule has 0 spiro atoms. The lowest BCUT2D eigenvalue weighted by Crippen LogP contribution is -2.16. The van der Waals surface area contributed by atoms with Crippen molar-refractivity contribution in [1.82, 2.24) is 0 Å². The predicted molar refractivity (Wildman–Crippen MR) is 73.6 cm³/mol. The fraction of sp³-hybridized carbons (Fsp3) is 0.333. The van der Waals surface area contributed by atoms with Gasteiger partial charge in [0.1, 0.15) is 11.9 Å². The molecule has 3 rings (SSSR count). The van der Waals surface area contributed by atoms with Gasteiger partial charge in [-0.3, -0.25) is 0 Å². The number of allylic oxidation sites excluding steroid dienone is 2. The molecule has 0 N–H and O–H groups in total. The Morgan fingerprint density at radius 1 is 1.18 bits per heavy atom. The summed E-state index contributed by atoms with van der Waals surface area (Å²) in [6.07, 6.45) is 8.24. The van der Waals surface area contributed by atoms with Gasteiger partial charge < -0.3 is 4.74 Å². The minimum Gasteiger partial charge on any atom is -0.486 e. The summed E-state index contributed by atoms with van der Waals surface area (Å²) in [6, 6.07) is 10.1. The molecule has 2 atom stereocenters. The van der Waals surface area contributed by atoms with Gasteiger partial charge in [0.2, 0.25) is 0 Å². The minimum absolute atomic E-state index is 0.253. The van der Waals surface area contributed by atoms with Crippen LogP contribution in [0.3, 0.4) is 0 Å². The molecular weight excluding hydrogens is 276 g/mol. The molecule has 2 aliphatic rings. The highest BCUT2D eigenvalue weighted by Gasteiger charge is 2.29. The normalized spacial score (nSPS) is 27.1. The number of ether oxygens (including phenoxy) is 1. The van der Waals surface area contributed by atoms with Gasteiger partial charge in [-0.2, -0.15) is 0 Å². The second-order valence-corrected chi connectivity index (χ2v) is 5.74. The van der Waals surface area contributed by atoms with Gasteiger partial charge in [0, 0.05) is 4.83 Å². The molecule has 2 unspecified atom stereocenters. The van der Waals surface area contributed by atoms with E-state index in [2.05, 4.69) is 28.1 Å². The third-order valence-corrected chi connectivity index (χ3v) is 4.00. The van der Waals surface area contributed by atoms with Crippen LogP contribution in [0.5, 0.6) is 5.75 Å². The smallest absolute Gasteiger partial charge is 0.124 e. The number of halogens is 1. The Bertz CT molecular complexity index is 461. The highest BCUT2D eigenvalue weighted by atomic mass is 79.9. The van der Waals surface area contributed by atoms with Gasteiger partial charge in [-0.05, 0) is 42.5 Å². The van der Waals surface area contributed by atoms with Crippen LogP contribution in [0, 0.1) is 0 Å². The monoisotopic (exact) mass is 290 g/mol. The SMILES string of the molecule is BrC1C=C2CCC(Oc3ccccc3)C2=CC1.